The minimum atomic E-state index is -0.358. The van der Waals surface area contributed by atoms with Gasteiger partial charge in [0.15, 0.2) is 6.04 Å². The summed E-state index contributed by atoms with van der Waals surface area (Å²) >= 11 is 2.22. The number of rotatable bonds is 3. The molecule has 2 fully saturated rings. The Kier molecular flexibility index (Phi) is 4.97. The second kappa shape index (κ2) is 6.95. The maximum Gasteiger partial charge on any atom is 0.365 e. The van der Waals surface area contributed by atoms with Crippen LogP contribution >= 0.6 is 22.6 Å². The maximum absolute atomic E-state index is 12.3. The number of nitrogens with one attached hydrogen (secondary N) is 2. The van der Waals surface area contributed by atoms with Gasteiger partial charge in [-0.3, -0.25) is 4.79 Å². The van der Waals surface area contributed by atoms with Crippen molar-refractivity contribution in [1.82, 2.24) is 0 Å². The van der Waals surface area contributed by atoms with Crippen LogP contribution < -0.4 is 10.2 Å². The molecule has 2 N–H and O–H groups in total. The molecule has 1 aromatic rings. The molecule has 0 aromatic heterocycles. The van der Waals surface area contributed by atoms with Crippen molar-refractivity contribution in [2.24, 2.45) is 0 Å². The lowest BCUT2D eigenvalue weighted by Crippen LogP contribution is -3.22. The summed E-state index contributed by atoms with van der Waals surface area (Å²) in [5.41, 5.74) is 0.764. The van der Waals surface area contributed by atoms with E-state index in [-0.39, 0.29) is 24.3 Å². The molecule has 2 aliphatic rings. The van der Waals surface area contributed by atoms with E-state index < -0.39 is 0 Å². The van der Waals surface area contributed by atoms with Crippen LogP contribution in [0.4, 0.5) is 5.69 Å². The minimum absolute atomic E-state index is 0.123. The Balaban J connectivity index is 1.63. The quantitative estimate of drug-likeness (QED) is 0.572. The summed E-state index contributed by atoms with van der Waals surface area (Å²) in [6.45, 7) is 1.46. The first-order valence-corrected chi connectivity index (χ1v) is 8.79. The van der Waals surface area contributed by atoms with Crippen molar-refractivity contribution in [3.8, 4) is 0 Å². The van der Waals surface area contributed by atoms with Crippen LogP contribution in [-0.4, -0.2) is 37.1 Å². The van der Waals surface area contributed by atoms with Crippen LogP contribution in [-0.2, 0) is 14.3 Å². The topological polar surface area (TPSA) is 59.8 Å². The maximum atomic E-state index is 12.3. The molecular formula is C16H20IN2O3+. The summed E-state index contributed by atoms with van der Waals surface area (Å²) in [6, 6.07) is 7.63. The van der Waals surface area contributed by atoms with Crippen molar-refractivity contribution in [2.75, 3.05) is 18.5 Å². The molecule has 1 aromatic carbocycles. The second-order valence-electron chi connectivity index (χ2n) is 5.96. The number of fused-ring (bicyclic) bond motifs is 1. The van der Waals surface area contributed by atoms with Gasteiger partial charge in [-0.05, 0) is 59.7 Å². The lowest BCUT2D eigenvalue weighted by molar-refractivity contribution is -0.951. The fourth-order valence-electron chi connectivity index (χ4n) is 3.34. The number of carbonyl (C=O) groups is 2. The first-order valence-electron chi connectivity index (χ1n) is 7.71. The van der Waals surface area contributed by atoms with Crippen LogP contribution in [0.1, 0.15) is 25.7 Å². The molecule has 22 heavy (non-hydrogen) atoms. The molecule has 2 saturated heterocycles. The number of hydrogen-bond acceptors (Lipinski definition) is 3. The molecule has 0 radical (unpaired) electrons. The number of benzene rings is 1. The average Bonchev–Trinajstić information content (AvgIpc) is 2.52. The van der Waals surface area contributed by atoms with Crippen LogP contribution in [0.2, 0.25) is 0 Å². The van der Waals surface area contributed by atoms with E-state index in [1.54, 1.807) is 0 Å². The van der Waals surface area contributed by atoms with Crippen molar-refractivity contribution in [2.45, 2.75) is 37.8 Å². The van der Waals surface area contributed by atoms with Gasteiger partial charge in [0.05, 0.1) is 13.0 Å². The number of ether oxygens (including phenoxy) is 1. The molecule has 1 unspecified atom stereocenters. The Hall–Kier alpha value is -1.15. The third-order valence-electron chi connectivity index (χ3n) is 4.47. The Morgan fingerprint density at radius 1 is 1.32 bits per heavy atom. The van der Waals surface area contributed by atoms with Gasteiger partial charge in [0.1, 0.15) is 12.6 Å². The van der Waals surface area contributed by atoms with Gasteiger partial charge in [0, 0.05) is 15.7 Å². The molecular weight excluding hydrogens is 395 g/mol. The largest absolute Gasteiger partial charge is 0.455 e. The van der Waals surface area contributed by atoms with Gasteiger partial charge in [-0.25, -0.2) is 4.79 Å². The SMILES string of the molecule is O=C(C[C@@H]1C(=O)OC[C@@H]2CCCC[NH+]21)Nc1ccc(I)cc1. The van der Waals surface area contributed by atoms with E-state index in [1.165, 1.54) is 11.3 Å². The van der Waals surface area contributed by atoms with Gasteiger partial charge in [-0.2, -0.15) is 0 Å². The number of cyclic esters (lactones) is 1. The number of hydrogen-bond donors (Lipinski definition) is 2. The monoisotopic (exact) mass is 415 g/mol. The molecule has 2 aliphatic heterocycles. The number of morpholine rings is 1. The fraction of sp³-hybridized carbons (Fsp3) is 0.500. The highest BCUT2D eigenvalue weighted by Gasteiger charge is 2.43. The summed E-state index contributed by atoms with van der Waals surface area (Å²) in [7, 11) is 0. The molecule has 0 bridgehead atoms. The summed E-state index contributed by atoms with van der Waals surface area (Å²) < 4.78 is 6.40. The van der Waals surface area contributed by atoms with E-state index in [9.17, 15) is 9.59 Å². The van der Waals surface area contributed by atoms with Crippen molar-refractivity contribution in [3.63, 3.8) is 0 Å². The van der Waals surface area contributed by atoms with Crippen LogP contribution in [0.15, 0.2) is 24.3 Å². The van der Waals surface area contributed by atoms with Crippen LogP contribution in [0.25, 0.3) is 0 Å². The molecule has 5 nitrogen and oxygen atoms in total. The number of quaternary nitrogens is 1. The number of amides is 1. The number of anilines is 1. The predicted molar refractivity (Wildman–Crippen MR) is 90.6 cm³/mol. The van der Waals surface area contributed by atoms with E-state index in [2.05, 4.69) is 27.9 Å². The van der Waals surface area contributed by atoms with Crippen LogP contribution in [0.3, 0.4) is 0 Å². The Morgan fingerprint density at radius 2 is 2.09 bits per heavy atom. The van der Waals surface area contributed by atoms with Crippen molar-refractivity contribution >= 4 is 40.2 Å². The lowest BCUT2D eigenvalue weighted by Gasteiger charge is -2.40. The number of esters is 1. The Bertz CT molecular complexity index is 561. The van der Waals surface area contributed by atoms with Gasteiger partial charge >= 0.3 is 5.97 Å². The first kappa shape index (κ1) is 15.7. The molecule has 3 atom stereocenters. The summed E-state index contributed by atoms with van der Waals surface area (Å²) in [5, 5.41) is 2.87. The van der Waals surface area contributed by atoms with Gasteiger partial charge in [0.2, 0.25) is 5.91 Å². The van der Waals surface area contributed by atoms with E-state index in [0.29, 0.717) is 12.6 Å². The van der Waals surface area contributed by atoms with Gasteiger partial charge < -0.3 is 15.0 Å². The van der Waals surface area contributed by atoms with Crippen molar-refractivity contribution in [3.05, 3.63) is 27.8 Å². The second-order valence-corrected chi connectivity index (χ2v) is 7.21. The zero-order valence-electron chi connectivity index (χ0n) is 12.3. The van der Waals surface area contributed by atoms with Crippen LogP contribution in [0, 0.1) is 3.57 Å². The highest BCUT2D eigenvalue weighted by atomic mass is 127. The highest BCUT2D eigenvalue weighted by molar-refractivity contribution is 14.1. The average molecular weight is 415 g/mol. The summed E-state index contributed by atoms with van der Waals surface area (Å²) in [6.07, 6.45) is 3.58. The molecule has 1 amide bonds. The number of carbonyl (C=O) groups excluding carboxylic acids is 2. The van der Waals surface area contributed by atoms with Crippen molar-refractivity contribution in [1.29, 1.82) is 0 Å². The Labute approximate surface area is 143 Å². The normalized spacial score (nSPS) is 27.7. The molecule has 118 valence electrons. The number of halogens is 1. The summed E-state index contributed by atoms with van der Waals surface area (Å²) in [4.78, 5) is 25.5. The van der Waals surface area contributed by atoms with Gasteiger partial charge in [0.25, 0.3) is 0 Å². The minimum Gasteiger partial charge on any atom is -0.455 e. The van der Waals surface area contributed by atoms with Gasteiger partial charge in [-0.1, -0.05) is 0 Å². The lowest BCUT2D eigenvalue weighted by atomic mass is 9.97. The fourth-order valence-corrected chi connectivity index (χ4v) is 3.70. The molecule has 0 aliphatic carbocycles. The van der Waals surface area contributed by atoms with E-state index in [0.717, 1.165) is 28.6 Å². The molecule has 6 heteroatoms. The highest BCUT2D eigenvalue weighted by Crippen LogP contribution is 2.13. The van der Waals surface area contributed by atoms with Crippen LogP contribution in [0.5, 0.6) is 0 Å². The third kappa shape index (κ3) is 3.60. The third-order valence-corrected chi connectivity index (χ3v) is 5.19. The Morgan fingerprint density at radius 3 is 2.86 bits per heavy atom. The van der Waals surface area contributed by atoms with E-state index >= 15 is 0 Å². The van der Waals surface area contributed by atoms with Gasteiger partial charge in [-0.15, -0.1) is 0 Å². The molecule has 0 spiro atoms. The molecule has 2 heterocycles. The first-order chi connectivity index (χ1) is 10.6. The van der Waals surface area contributed by atoms with E-state index in [1.807, 2.05) is 24.3 Å². The van der Waals surface area contributed by atoms with Crippen molar-refractivity contribution < 1.29 is 19.2 Å². The summed E-state index contributed by atoms with van der Waals surface area (Å²) in [5.74, 6) is -0.354. The zero-order chi connectivity index (χ0) is 15.5. The standard InChI is InChI=1S/C16H19IN2O3/c17-11-4-6-12(7-5-11)18-15(20)9-14-16(21)22-10-13-3-1-2-8-19(13)14/h4-7,13-14H,1-3,8-10H2,(H,18,20)/p+1/t13-,14+/m0/s1. The zero-order valence-corrected chi connectivity index (χ0v) is 14.5. The molecule has 0 saturated carbocycles. The molecule has 3 rings (SSSR count). The van der Waals surface area contributed by atoms with E-state index in [4.69, 9.17) is 4.74 Å². The number of piperidine rings is 1. The predicted octanol–water partition coefficient (Wildman–Crippen LogP) is 0.983. The smallest absolute Gasteiger partial charge is 0.365 e.